The van der Waals surface area contributed by atoms with Crippen LogP contribution in [-0.4, -0.2) is 70.8 Å². The molecule has 0 radical (unpaired) electrons. The number of likely N-dealkylation sites (tertiary alicyclic amines) is 1. The van der Waals surface area contributed by atoms with Gasteiger partial charge in [-0.3, -0.25) is 9.89 Å². The van der Waals surface area contributed by atoms with Crippen molar-refractivity contribution in [2.45, 2.75) is 52.0 Å². The normalized spacial score (nSPS) is 19.3. The van der Waals surface area contributed by atoms with Gasteiger partial charge in [-0.25, -0.2) is 13.1 Å². The van der Waals surface area contributed by atoms with E-state index >= 15 is 0 Å². The van der Waals surface area contributed by atoms with Crippen molar-refractivity contribution in [2.75, 3.05) is 45.5 Å². The van der Waals surface area contributed by atoms with Crippen molar-refractivity contribution in [2.24, 2.45) is 4.99 Å². The van der Waals surface area contributed by atoms with E-state index in [1.54, 1.807) is 0 Å². The lowest BCUT2D eigenvalue weighted by molar-refractivity contribution is 0.147. The number of nitrogens with zero attached hydrogens (tertiary/aromatic N) is 2. The first-order valence-electron chi connectivity index (χ1n) is 9.17. The van der Waals surface area contributed by atoms with E-state index in [4.69, 9.17) is 0 Å². The van der Waals surface area contributed by atoms with Gasteiger partial charge in [0.1, 0.15) is 0 Å². The van der Waals surface area contributed by atoms with Crippen molar-refractivity contribution in [3.05, 3.63) is 0 Å². The molecular weight excluding hydrogens is 453 g/mol. The Morgan fingerprint density at radius 1 is 1.20 bits per heavy atom. The zero-order valence-corrected chi connectivity index (χ0v) is 19.0. The van der Waals surface area contributed by atoms with E-state index < -0.39 is 10.0 Å². The minimum atomic E-state index is -3.10. The molecule has 1 atom stereocenters. The number of nitrogens with one attached hydrogen (secondary N) is 3. The Balaban J connectivity index is 0.00000576. The van der Waals surface area contributed by atoms with Gasteiger partial charge in [-0.2, -0.15) is 0 Å². The van der Waals surface area contributed by atoms with E-state index in [0.717, 1.165) is 31.6 Å². The quantitative estimate of drug-likeness (QED) is 0.187. The number of halogens is 1. The molecule has 1 rings (SSSR count). The summed E-state index contributed by atoms with van der Waals surface area (Å²) in [5.74, 6) is 0.807. The monoisotopic (exact) mass is 489 g/mol. The van der Waals surface area contributed by atoms with Crippen LogP contribution < -0.4 is 15.4 Å². The van der Waals surface area contributed by atoms with Crippen molar-refractivity contribution < 1.29 is 8.42 Å². The first kappa shape index (κ1) is 24.9. The molecule has 1 saturated heterocycles. The van der Waals surface area contributed by atoms with Gasteiger partial charge in [0.05, 0.1) is 6.26 Å². The second kappa shape index (κ2) is 14.0. The number of sulfonamides is 1. The van der Waals surface area contributed by atoms with Crippen molar-refractivity contribution in [3.63, 3.8) is 0 Å². The Bertz CT molecular complexity index is 473. The third-order valence-corrected chi connectivity index (χ3v) is 4.95. The summed E-state index contributed by atoms with van der Waals surface area (Å²) in [6.07, 6.45) is 7.06. The van der Waals surface area contributed by atoms with E-state index in [2.05, 4.69) is 32.2 Å². The summed E-state index contributed by atoms with van der Waals surface area (Å²) >= 11 is 0. The molecule has 0 aromatic rings. The van der Waals surface area contributed by atoms with Gasteiger partial charge in [0, 0.05) is 38.8 Å². The average Bonchev–Trinajstić information content (AvgIpc) is 2.54. The zero-order valence-electron chi connectivity index (χ0n) is 15.9. The predicted molar refractivity (Wildman–Crippen MR) is 116 cm³/mol. The van der Waals surface area contributed by atoms with E-state index in [0.29, 0.717) is 19.5 Å². The topological polar surface area (TPSA) is 85.8 Å². The maximum atomic E-state index is 11.0. The SMILES string of the molecule is CCNC(=NCCCNS(C)(=O)=O)NCCN1CCCCC1CC.I. The van der Waals surface area contributed by atoms with Crippen LogP contribution in [0.5, 0.6) is 0 Å². The van der Waals surface area contributed by atoms with Crippen LogP contribution in [0.15, 0.2) is 4.99 Å². The Morgan fingerprint density at radius 3 is 2.60 bits per heavy atom. The Hall–Kier alpha value is -0.130. The molecule has 0 saturated carbocycles. The standard InChI is InChI=1S/C16H35N5O2S.HI/c1-4-15-9-6-7-13-21(15)14-12-19-16(17-5-2)18-10-8-11-20-24(3,22)23;/h15,20H,4-14H2,1-3H3,(H2,17,18,19);1H. The number of aliphatic imine (C=N–C) groups is 1. The molecule has 3 N–H and O–H groups in total. The molecule has 1 fully saturated rings. The van der Waals surface area contributed by atoms with Gasteiger partial charge in [-0.15, -0.1) is 24.0 Å². The largest absolute Gasteiger partial charge is 0.357 e. The van der Waals surface area contributed by atoms with E-state index in [9.17, 15) is 8.42 Å². The highest BCUT2D eigenvalue weighted by molar-refractivity contribution is 14.0. The summed E-state index contributed by atoms with van der Waals surface area (Å²) in [5.41, 5.74) is 0. The summed E-state index contributed by atoms with van der Waals surface area (Å²) in [6.45, 7) is 9.27. The number of hydrogen-bond donors (Lipinski definition) is 3. The summed E-state index contributed by atoms with van der Waals surface area (Å²) in [6, 6.07) is 0.724. The molecular formula is C16H36IN5O2S. The molecule has 1 aliphatic rings. The highest BCUT2D eigenvalue weighted by atomic mass is 127. The van der Waals surface area contributed by atoms with Gasteiger partial charge in [0.2, 0.25) is 10.0 Å². The number of rotatable bonds is 10. The molecule has 1 unspecified atom stereocenters. The van der Waals surface area contributed by atoms with Gasteiger partial charge >= 0.3 is 0 Å². The van der Waals surface area contributed by atoms with Crippen molar-refractivity contribution >= 4 is 40.0 Å². The lowest BCUT2D eigenvalue weighted by atomic mass is 10.0. The lowest BCUT2D eigenvalue weighted by Crippen LogP contribution is -2.46. The molecule has 0 amide bonds. The number of piperidine rings is 1. The van der Waals surface area contributed by atoms with Gasteiger partial charge < -0.3 is 10.6 Å². The number of guanidine groups is 1. The van der Waals surface area contributed by atoms with Crippen LogP contribution in [0.25, 0.3) is 0 Å². The molecule has 7 nitrogen and oxygen atoms in total. The molecule has 9 heteroatoms. The molecule has 0 spiro atoms. The molecule has 1 aliphatic heterocycles. The molecule has 0 aromatic carbocycles. The highest BCUT2D eigenvalue weighted by Crippen LogP contribution is 2.18. The van der Waals surface area contributed by atoms with Crippen LogP contribution >= 0.6 is 24.0 Å². The number of hydrogen-bond acceptors (Lipinski definition) is 4. The summed E-state index contributed by atoms with van der Waals surface area (Å²) in [4.78, 5) is 7.08. The van der Waals surface area contributed by atoms with Gasteiger partial charge in [-0.05, 0) is 39.2 Å². The van der Waals surface area contributed by atoms with Crippen LogP contribution in [-0.2, 0) is 10.0 Å². The smallest absolute Gasteiger partial charge is 0.208 e. The fraction of sp³-hybridized carbons (Fsp3) is 0.938. The predicted octanol–water partition coefficient (Wildman–Crippen LogP) is 1.36. The third-order valence-electron chi connectivity index (χ3n) is 4.23. The molecule has 1 heterocycles. The highest BCUT2D eigenvalue weighted by Gasteiger charge is 2.19. The molecule has 25 heavy (non-hydrogen) atoms. The fourth-order valence-corrected chi connectivity index (χ4v) is 3.52. The molecule has 0 aromatic heterocycles. The van der Waals surface area contributed by atoms with Crippen LogP contribution in [0.3, 0.4) is 0 Å². The van der Waals surface area contributed by atoms with Crippen molar-refractivity contribution in [3.8, 4) is 0 Å². The Morgan fingerprint density at radius 2 is 1.96 bits per heavy atom. The Kier molecular flexibility index (Phi) is 13.9. The maximum absolute atomic E-state index is 11.0. The van der Waals surface area contributed by atoms with Crippen LogP contribution in [0, 0.1) is 0 Å². The van der Waals surface area contributed by atoms with Crippen molar-refractivity contribution in [1.29, 1.82) is 0 Å². The minimum Gasteiger partial charge on any atom is -0.357 e. The van der Waals surface area contributed by atoms with E-state index in [1.165, 1.54) is 38.5 Å². The average molecular weight is 489 g/mol. The third kappa shape index (κ3) is 12.0. The van der Waals surface area contributed by atoms with E-state index in [-0.39, 0.29) is 24.0 Å². The second-order valence-corrected chi connectivity index (χ2v) is 8.13. The molecule has 0 aliphatic carbocycles. The summed E-state index contributed by atoms with van der Waals surface area (Å²) in [5, 5.41) is 6.61. The van der Waals surface area contributed by atoms with Gasteiger partial charge in [-0.1, -0.05) is 13.3 Å². The fourth-order valence-electron chi connectivity index (χ4n) is 3.00. The molecule has 150 valence electrons. The van der Waals surface area contributed by atoms with Crippen molar-refractivity contribution in [1.82, 2.24) is 20.3 Å². The lowest BCUT2D eigenvalue weighted by Gasteiger charge is -2.35. The Labute approximate surface area is 170 Å². The minimum absolute atomic E-state index is 0. The van der Waals surface area contributed by atoms with Crippen LogP contribution in [0.2, 0.25) is 0 Å². The molecule has 0 bridgehead atoms. The first-order chi connectivity index (χ1) is 11.5. The summed E-state index contributed by atoms with van der Waals surface area (Å²) in [7, 11) is -3.10. The summed E-state index contributed by atoms with van der Waals surface area (Å²) < 4.78 is 24.5. The van der Waals surface area contributed by atoms with Crippen LogP contribution in [0.1, 0.15) is 46.0 Å². The van der Waals surface area contributed by atoms with Crippen LogP contribution in [0.4, 0.5) is 0 Å². The van der Waals surface area contributed by atoms with Gasteiger partial charge in [0.15, 0.2) is 5.96 Å². The second-order valence-electron chi connectivity index (χ2n) is 6.30. The zero-order chi connectivity index (χ0) is 17.8. The van der Waals surface area contributed by atoms with Gasteiger partial charge in [0.25, 0.3) is 0 Å². The first-order valence-corrected chi connectivity index (χ1v) is 11.1. The van der Waals surface area contributed by atoms with E-state index in [1.807, 2.05) is 6.92 Å². The maximum Gasteiger partial charge on any atom is 0.208 e.